The zero-order valence-corrected chi connectivity index (χ0v) is 16.2. The second kappa shape index (κ2) is 7.14. The summed E-state index contributed by atoms with van der Waals surface area (Å²) in [6.45, 7) is 7.21. The van der Waals surface area contributed by atoms with Crippen molar-refractivity contribution in [3.63, 3.8) is 0 Å². The van der Waals surface area contributed by atoms with E-state index < -0.39 is 5.66 Å². The zero-order chi connectivity index (χ0) is 18.9. The lowest BCUT2D eigenvalue weighted by Gasteiger charge is -2.30. The van der Waals surface area contributed by atoms with Crippen molar-refractivity contribution in [1.29, 1.82) is 0 Å². The van der Waals surface area contributed by atoms with E-state index in [2.05, 4.69) is 85.4 Å². The predicted octanol–water partition coefficient (Wildman–Crippen LogP) is 4.02. The summed E-state index contributed by atoms with van der Waals surface area (Å²) >= 11 is 0. The minimum Gasteiger partial charge on any atom is -0.294 e. The van der Waals surface area contributed by atoms with E-state index in [0.717, 1.165) is 24.5 Å². The molecule has 27 heavy (non-hydrogen) atoms. The molecule has 0 radical (unpaired) electrons. The van der Waals surface area contributed by atoms with Crippen molar-refractivity contribution in [1.82, 2.24) is 15.8 Å². The number of aryl methyl sites for hydroxylation is 1. The zero-order valence-electron chi connectivity index (χ0n) is 16.2. The fraction of sp³-hybridized carbons (Fsp3) is 0.261. The van der Waals surface area contributed by atoms with Crippen molar-refractivity contribution in [2.45, 2.75) is 32.9 Å². The largest absolute Gasteiger partial charge is 0.294 e. The third kappa shape index (κ3) is 3.59. The van der Waals surface area contributed by atoms with Gasteiger partial charge < -0.3 is 0 Å². The Hall–Kier alpha value is -2.69. The van der Waals surface area contributed by atoms with Crippen LogP contribution < -0.4 is 10.7 Å². The summed E-state index contributed by atoms with van der Waals surface area (Å²) in [6.07, 6.45) is 5.06. The van der Waals surface area contributed by atoms with Gasteiger partial charge in [-0.2, -0.15) is 0 Å². The van der Waals surface area contributed by atoms with Crippen molar-refractivity contribution < 1.29 is 0 Å². The van der Waals surface area contributed by atoms with Crippen LogP contribution in [0.15, 0.2) is 77.7 Å². The van der Waals surface area contributed by atoms with Gasteiger partial charge in [0.05, 0.1) is 0 Å². The number of rotatable bonds is 5. The molecule has 2 aliphatic heterocycles. The highest BCUT2D eigenvalue weighted by molar-refractivity contribution is 5.95. The molecule has 0 bridgehead atoms. The Morgan fingerprint density at radius 1 is 1.04 bits per heavy atom. The van der Waals surface area contributed by atoms with Gasteiger partial charge in [0.2, 0.25) is 0 Å². The lowest BCUT2D eigenvalue weighted by atomic mass is 9.94. The first-order valence-electron chi connectivity index (χ1n) is 9.46. The highest BCUT2D eigenvalue weighted by Crippen LogP contribution is 2.37. The Morgan fingerprint density at radius 3 is 2.52 bits per heavy atom. The Morgan fingerprint density at radius 2 is 1.78 bits per heavy atom. The Bertz CT molecular complexity index is 909. The van der Waals surface area contributed by atoms with Gasteiger partial charge in [0.25, 0.3) is 0 Å². The number of aliphatic imine (C=N–C) groups is 1. The monoisotopic (exact) mass is 358 g/mol. The summed E-state index contributed by atoms with van der Waals surface area (Å²) in [4.78, 5) is 4.82. The van der Waals surface area contributed by atoms with Crippen LogP contribution in [-0.2, 0) is 6.42 Å². The molecule has 138 valence electrons. The smallest absolute Gasteiger partial charge is 0.154 e. The SMILES string of the molecule is CC1=NC2=C(c3ccc(C)cc3)C(C)(NCCc3ccccc3)NN2C=C1. The molecular weight excluding hydrogens is 332 g/mol. The molecule has 2 aromatic carbocycles. The molecule has 2 heterocycles. The van der Waals surface area contributed by atoms with E-state index in [1.807, 2.05) is 18.0 Å². The topological polar surface area (TPSA) is 39.7 Å². The fourth-order valence-electron chi connectivity index (χ4n) is 3.67. The molecule has 4 nitrogen and oxygen atoms in total. The number of hydrazine groups is 1. The molecule has 1 unspecified atom stereocenters. The van der Waals surface area contributed by atoms with Crippen LogP contribution in [0.4, 0.5) is 0 Å². The Labute approximate surface area is 161 Å². The normalized spacial score (nSPS) is 21.4. The van der Waals surface area contributed by atoms with Gasteiger partial charge >= 0.3 is 0 Å². The Kier molecular flexibility index (Phi) is 4.68. The minimum atomic E-state index is -0.391. The third-order valence-corrected chi connectivity index (χ3v) is 5.12. The summed E-state index contributed by atoms with van der Waals surface area (Å²) < 4.78 is 0. The summed E-state index contributed by atoms with van der Waals surface area (Å²) in [6, 6.07) is 19.3. The molecular formula is C23H26N4. The van der Waals surface area contributed by atoms with Gasteiger partial charge in [0.15, 0.2) is 5.82 Å². The van der Waals surface area contributed by atoms with Gasteiger partial charge in [0.1, 0.15) is 5.66 Å². The maximum absolute atomic E-state index is 4.82. The minimum absolute atomic E-state index is 0.391. The van der Waals surface area contributed by atoms with Crippen LogP contribution in [-0.4, -0.2) is 22.9 Å². The van der Waals surface area contributed by atoms with Crippen molar-refractivity contribution in [2.75, 3.05) is 6.54 Å². The fourth-order valence-corrected chi connectivity index (χ4v) is 3.67. The average Bonchev–Trinajstić information content (AvgIpc) is 2.95. The van der Waals surface area contributed by atoms with Gasteiger partial charge in [0, 0.05) is 24.0 Å². The average molecular weight is 358 g/mol. The molecule has 2 aromatic rings. The number of nitrogens with zero attached hydrogens (tertiary/aromatic N) is 2. The maximum atomic E-state index is 4.82. The number of fused-ring (bicyclic) bond motifs is 1. The summed E-state index contributed by atoms with van der Waals surface area (Å²) in [5.74, 6) is 0.966. The highest BCUT2D eigenvalue weighted by atomic mass is 15.6. The first kappa shape index (κ1) is 17.7. The van der Waals surface area contributed by atoms with Crippen molar-refractivity contribution >= 4 is 11.3 Å². The second-order valence-electron chi connectivity index (χ2n) is 7.40. The molecule has 4 heteroatoms. The van der Waals surface area contributed by atoms with E-state index in [4.69, 9.17) is 4.99 Å². The highest BCUT2D eigenvalue weighted by Gasteiger charge is 2.41. The summed E-state index contributed by atoms with van der Waals surface area (Å²) in [5, 5.41) is 5.75. The molecule has 0 amide bonds. The molecule has 0 spiro atoms. The summed E-state index contributed by atoms with van der Waals surface area (Å²) in [7, 11) is 0. The van der Waals surface area contributed by atoms with E-state index in [1.54, 1.807) is 0 Å². The van der Waals surface area contributed by atoms with Crippen LogP contribution in [0.2, 0.25) is 0 Å². The van der Waals surface area contributed by atoms with E-state index >= 15 is 0 Å². The van der Waals surface area contributed by atoms with Crippen LogP contribution in [0.5, 0.6) is 0 Å². The molecule has 4 rings (SSSR count). The van der Waals surface area contributed by atoms with Crippen LogP contribution in [0.25, 0.3) is 5.57 Å². The lowest BCUT2D eigenvalue weighted by Crippen LogP contribution is -2.55. The Balaban J connectivity index is 1.64. The van der Waals surface area contributed by atoms with Crippen LogP contribution in [0.3, 0.4) is 0 Å². The lowest BCUT2D eigenvalue weighted by molar-refractivity contribution is 0.246. The standard InChI is InChI=1S/C23H26N4/c1-17-9-11-20(12-10-17)21-22-25-18(2)14-16-27(22)26-23(21,3)24-15-13-19-7-5-4-6-8-19/h4-12,14,16,24,26H,13,15H2,1-3H3. The first-order chi connectivity index (χ1) is 13.0. The first-order valence-corrected chi connectivity index (χ1v) is 9.46. The van der Waals surface area contributed by atoms with Crippen molar-refractivity contribution in [3.05, 3.63) is 89.4 Å². The van der Waals surface area contributed by atoms with Crippen LogP contribution in [0.1, 0.15) is 30.5 Å². The van der Waals surface area contributed by atoms with Gasteiger partial charge in [-0.3, -0.25) is 10.3 Å². The number of benzene rings is 2. The van der Waals surface area contributed by atoms with E-state index in [9.17, 15) is 0 Å². The number of hydrogen-bond donors (Lipinski definition) is 2. The van der Waals surface area contributed by atoms with Crippen LogP contribution in [0, 0.1) is 6.92 Å². The molecule has 0 saturated heterocycles. The molecule has 0 aliphatic carbocycles. The molecule has 0 fully saturated rings. The van der Waals surface area contributed by atoms with E-state index in [0.29, 0.717) is 0 Å². The molecule has 0 aromatic heterocycles. The quantitative estimate of drug-likeness (QED) is 0.848. The maximum Gasteiger partial charge on any atom is 0.154 e. The van der Waals surface area contributed by atoms with Crippen molar-refractivity contribution in [2.24, 2.45) is 4.99 Å². The van der Waals surface area contributed by atoms with Gasteiger partial charge in [-0.1, -0.05) is 60.2 Å². The van der Waals surface area contributed by atoms with Crippen LogP contribution >= 0.6 is 0 Å². The molecule has 0 saturated carbocycles. The second-order valence-corrected chi connectivity index (χ2v) is 7.40. The molecule has 2 N–H and O–H groups in total. The van der Waals surface area contributed by atoms with Gasteiger partial charge in [-0.15, -0.1) is 0 Å². The van der Waals surface area contributed by atoms with Gasteiger partial charge in [-0.25, -0.2) is 10.4 Å². The van der Waals surface area contributed by atoms with E-state index in [1.165, 1.54) is 22.3 Å². The molecule has 1 atom stereocenters. The van der Waals surface area contributed by atoms with Crippen molar-refractivity contribution in [3.8, 4) is 0 Å². The van der Waals surface area contributed by atoms with E-state index in [-0.39, 0.29) is 0 Å². The van der Waals surface area contributed by atoms with Gasteiger partial charge in [-0.05, 0) is 44.4 Å². The number of nitrogens with one attached hydrogen (secondary N) is 2. The number of allylic oxidation sites excluding steroid dienone is 1. The third-order valence-electron chi connectivity index (χ3n) is 5.12. The number of hydrogen-bond acceptors (Lipinski definition) is 4. The predicted molar refractivity (Wildman–Crippen MR) is 112 cm³/mol. The summed E-state index contributed by atoms with van der Waals surface area (Å²) in [5.41, 5.74) is 9.18. The molecule has 2 aliphatic rings.